The molecule has 1 aromatic rings. The molecule has 21 heavy (non-hydrogen) atoms. The van der Waals surface area contributed by atoms with Crippen molar-refractivity contribution >= 4 is 17.7 Å². The maximum absolute atomic E-state index is 12.2. The number of benzene rings is 1. The van der Waals surface area contributed by atoms with Gasteiger partial charge in [-0.2, -0.15) is 0 Å². The van der Waals surface area contributed by atoms with Crippen molar-refractivity contribution in [2.45, 2.75) is 20.3 Å². The first-order valence-corrected chi connectivity index (χ1v) is 7.17. The summed E-state index contributed by atoms with van der Waals surface area (Å²) in [5.74, 6) is 1.01. The van der Waals surface area contributed by atoms with Gasteiger partial charge >= 0.3 is 0 Å². The lowest BCUT2D eigenvalue weighted by Gasteiger charge is -2.34. The summed E-state index contributed by atoms with van der Waals surface area (Å²) >= 11 is 0. The molecule has 1 fully saturated rings. The minimum absolute atomic E-state index is 0.0279. The fourth-order valence-corrected chi connectivity index (χ4v) is 2.86. The second kappa shape index (κ2) is 6.52. The van der Waals surface area contributed by atoms with Crippen molar-refractivity contribution in [1.82, 2.24) is 4.90 Å². The molecule has 5 heteroatoms. The monoisotopic (exact) mass is 288 g/mol. The van der Waals surface area contributed by atoms with Gasteiger partial charge in [0.25, 0.3) is 5.69 Å². The van der Waals surface area contributed by atoms with E-state index in [1.54, 1.807) is 18.2 Å². The zero-order valence-corrected chi connectivity index (χ0v) is 12.4. The summed E-state index contributed by atoms with van der Waals surface area (Å²) in [7, 11) is 0. The summed E-state index contributed by atoms with van der Waals surface area (Å²) in [6.07, 6.45) is 4.29. The van der Waals surface area contributed by atoms with Gasteiger partial charge in [0.05, 0.1) is 4.92 Å². The Morgan fingerprint density at radius 2 is 2.00 bits per heavy atom. The lowest BCUT2D eigenvalue weighted by Crippen LogP contribution is -2.41. The van der Waals surface area contributed by atoms with Crippen LogP contribution >= 0.6 is 0 Å². The Morgan fingerprint density at radius 3 is 2.62 bits per heavy atom. The van der Waals surface area contributed by atoms with Crippen molar-refractivity contribution in [2.24, 2.45) is 11.8 Å². The quantitative estimate of drug-likeness (QED) is 0.487. The molecule has 0 aliphatic carbocycles. The van der Waals surface area contributed by atoms with Gasteiger partial charge in [-0.25, -0.2) is 0 Å². The summed E-state index contributed by atoms with van der Waals surface area (Å²) in [5, 5.41) is 10.7. The van der Waals surface area contributed by atoms with E-state index in [2.05, 4.69) is 13.8 Å². The molecule has 0 aromatic heterocycles. The fourth-order valence-electron chi connectivity index (χ4n) is 2.86. The predicted molar refractivity (Wildman–Crippen MR) is 81.7 cm³/mol. The van der Waals surface area contributed by atoms with Crippen LogP contribution in [0.5, 0.6) is 0 Å². The molecule has 1 aliphatic heterocycles. The SMILES string of the molecule is CC1CC(C)CN(C(=O)C=Cc2cccc([N+](=O)[O-])c2)C1. The van der Waals surface area contributed by atoms with Crippen LogP contribution < -0.4 is 0 Å². The van der Waals surface area contributed by atoms with Gasteiger partial charge < -0.3 is 4.90 Å². The van der Waals surface area contributed by atoms with Crippen LogP contribution in [0.4, 0.5) is 5.69 Å². The van der Waals surface area contributed by atoms with Crippen LogP contribution in [0.25, 0.3) is 6.08 Å². The smallest absolute Gasteiger partial charge is 0.270 e. The van der Waals surface area contributed by atoms with Crippen molar-refractivity contribution in [3.05, 3.63) is 46.0 Å². The molecule has 0 radical (unpaired) electrons. The Balaban J connectivity index is 2.05. The number of nitrogens with zero attached hydrogens (tertiary/aromatic N) is 2. The number of carbonyl (C=O) groups is 1. The largest absolute Gasteiger partial charge is 0.339 e. The van der Waals surface area contributed by atoms with E-state index in [4.69, 9.17) is 0 Å². The molecule has 0 bridgehead atoms. The van der Waals surface area contributed by atoms with Gasteiger partial charge in [-0.1, -0.05) is 26.0 Å². The summed E-state index contributed by atoms with van der Waals surface area (Å²) in [5.41, 5.74) is 0.695. The van der Waals surface area contributed by atoms with Crippen LogP contribution in [0, 0.1) is 22.0 Å². The molecule has 1 aliphatic rings. The van der Waals surface area contributed by atoms with Gasteiger partial charge in [-0.05, 0) is 29.9 Å². The van der Waals surface area contributed by atoms with Gasteiger partial charge in [0.2, 0.25) is 5.91 Å². The average molecular weight is 288 g/mol. The third-order valence-corrected chi connectivity index (χ3v) is 3.68. The van der Waals surface area contributed by atoms with Crippen LogP contribution in [0.15, 0.2) is 30.3 Å². The van der Waals surface area contributed by atoms with E-state index < -0.39 is 4.92 Å². The van der Waals surface area contributed by atoms with E-state index >= 15 is 0 Å². The number of nitro benzene ring substituents is 1. The lowest BCUT2D eigenvalue weighted by molar-refractivity contribution is -0.384. The topological polar surface area (TPSA) is 63.5 Å². The number of hydrogen-bond acceptors (Lipinski definition) is 3. The molecule has 1 amide bonds. The maximum atomic E-state index is 12.2. The van der Waals surface area contributed by atoms with E-state index in [0.29, 0.717) is 17.4 Å². The molecule has 2 rings (SSSR count). The molecule has 0 N–H and O–H groups in total. The standard InChI is InChI=1S/C16H20N2O3/c1-12-8-13(2)11-17(10-12)16(19)7-6-14-4-3-5-15(9-14)18(20)21/h3-7,9,12-13H,8,10-11H2,1-2H3. The normalized spacial score (nSPS) is 22.5. The van der Waals surface area contributed by atoms with Crippen LogP contribution in [0.3, 0.4) is 0 Å². The molecule has 2 atom stereocenters. The van der Waals surface area contributed by atoms with Gasteiger partial charge in [0.15, 0.2) is 0 Å². The molecular weight excluding hydrogens is 268 g/mol. The van der Waals surface area contributed by atoms with Crippen LogP contribution in [-0.4, -0.2) is 28.8 Å². The van der Waals surface area contributed by atoms with Crippen LogP contribution in [0.1, 0.15) is 25.8 Å². The third-order valence-electron chi connectivity index (χ3n) is 3.68. The maximum Gasteiger partial charge on any atom is 0.270 e. The molecule has 1 aromatic carbocycles. The van der Waals surface area contributed by atoms with Crippen molar-refractivity contribution in [1.29, 1.82) is 0 Å². The van der Waals surface area contributed by atoms with Gasteiger partial charge in [-0.3, -0.25) is 14.9 Å². The number of rotatable bonds is 3. The number of piperidine rings is 1. The highest BCUT2D eigenvalue weighted by Crippen LogP contribution is 2.21. The Hall–Kier alpha value is -2.17. The van der Waals surface area contributed by atoms with E-state index in [0.717, 1.165) is 19.5 Å². The van der Waals surface area contributed by atoms with Gasteiger partial charge in [0, 0.05) is 31.3 Å². The minimum Gasteiger partial charge on any atom is -0.339 e. The third kappa shape index (κ3) is 4.15. The first kappa shape index (κ1) is 15.2. The van der Waals surface area contributed by atoms with Crippen LogP contribution in [-0.2, 0) is 4.79 Å². The summed E-state index contributed by atoms with van der Waals surface area (Å²) in [6, 6.07) is 6.27. The molecule has 0 spiro atoms. The zero-order valence-electron chi connectivity index (χ0n) is 12.4. The molecule has 0 saturated carbocycles. The predicted octanol–water partition coefficient (Wildman–Crippen LogP) is 3.11. The molecule has 2 unspecified atom stereocenters. The minimum atomic E-state index is -0.437. The van der Waals surface area contributed by atoms with E-state index in [1.807, 2.05) is 4.90 Å². The number of likely N-dealkylation sites (tertiary alicyclic amines) is 1. The number of non-ortho nitro benzene ring substituents is 1. The number of hydrogen-bond donors (Lipinski definition) is 0. The van der Waals surface area contributed by atoms with Crippen LogP contribution in [0.2, 0.25) is 0 Å². The lowest BCUT2D eigenvalue weighted by atomic mass is 9.92. The van der Waals surface area contributed by atoms with Crippen molar-refractivity contribution in [2.75, 3.05) is 13.1 Å². The highest BCUT2D eigenvalue weighted by molar-refractivity contribution is 5.91. The first-order chi connectivity index (χ1) is 9.95. The molecule has 1 saturated heterocycles. The number of carbonyl (C=O) groups excluding carboxylic acids is 1. The molecule has 112 valence electrons. The van der Waals surface area contributed by atoms with E-state index in [-0.39, 0.29) is 11.6 Å². The Kier molecular flexibility index (Phi) is 4.73. The molecular formula is C16H20N2O3. The first-order valence-electron chi connectivity index (χ1n) is 7.17. The summed E-state index contributed by atoms with van der Waals surface area (Å²) in [4.78, 5) is 24.3. The fraction of sp³-hybridized carbons (Fsp3) is 0.438. The summed E-state index contributed by atoms with van der Waals surface area (Å²) < 4.78 is 0. The molecule has 1 heterocycles. The van der Waals surface area contributed by atoms with E-state index in [1.165, 1.54) is 18.2 Å². The second-order valence-corrected chi connectivity index (χ2v) is 5.87. The number of nitro groups is 1. The number of amides is 1. The van der Waals surface area contributed by atoms with Crippen molar-refractivity contribution < 1.29 is 9.72 Å². The van der Waals surface area contributed by atoms with Gasteiger partial charge in [0.1, 0.15) is 0 Å². The van der Waals surface area contributed by atoms with E-state index in [9.17, 15) is 14.9 Å². The second-order valence-electron chi connectivity index (χ2n) is 5.87. The zero-order chi connectivity index (χ0) is 15.4. The average Bonchev–Trinajstić information content (AvgIpc) is 2.44. The molecule has 5 nitrogen and oxygen atoms in total. The van der Waals surface area contributed by atoms with Crippen molar-refractivity contribution in [3.8, 4) is 0 Å². The Bertz CT molecular complexity index is 558. The Labute approximate surface area is 124 Å². The van der Waals surface area contributed by atoms with Gasteiger partial charge in [-0.15, -0.1) is 0 Å². The van der Waals surface area contributed by atoms with Crippen molar-refractivity contribution in [3.63, 3.8) is 0 Å². The Morgan fingerprint density at radius 1 is 1.33 bits per heavy atom. The summed E-state index contributed by atoms with van der Waals surface area (Å²) in [6.45, 7) is 5.87. The highest BCUT2D eigenvalue weighted by atomic mass is 16.6. The highest BCUT2D eigenvalue weighted by Gasteiger charge is 2.23.